The summed E-state index contributed by atoms with van der Waals surface area (Å²) in [6.45, 7) is 9.80. The number of halogens is 1. The average Bonchev–Trinajstić information content (AvgIpc) is 2.88. The van der Waals surface area contributed by atoms with Crippen LogP contribution in [0.15, 0.2) is 30.3 Å². The van der Waals surface area contributed by atoms with Crippen LogP contribution >= 0.6 is 12.4 Å². The molecule has 11 heteroatoms. The van der Waals surface area contributed by atoms with Gasteiger partial charge in [0.1, 0.15) is 12.6 Å². The molecule has 0 bridgehead atoms. The summed E-state index contributed by atoms with van der Waals surface area (Å²) < 4.78 is 17.5. The monoisotopic (exact) mass is 571 g/mol. The molecule has 0 aliphatic carbocycles. The zero-order chi connectivity index (χ0) is 28.2. The van der Waals surface area contributed by atoms with Crippen LogP contribution in [-0.4, -0.2) is 56.1 Å². The highest BCUT2D eigenvalue weighted by Crippen LogP contribution is 2.13. The maximum atomic E-state index is 13.4. The molecule has 0 radical (unpaired) electrons. The fourth-order valence-corrected chi connectivity index (χ4v) is 3.68. The smallest absolute Gasteiger partial charge is 0.408 e. The van der Waals surface area contributed by atoms with Gasteiger partial charge in [-0.2, -0.15) is 0 Å². The topological polar surface area (TPSA) is 148 Å². The van der Waals surface area contributed by atoms with Crippen LogP contribution < -0.4 is 21.7 Å². The first-order chi connectivity index (χ1) is 18.3. The Balaban J connectivity index is 0.0000144. The van der Waals surface area contributed by atoms with Crippen molar-refractivity contribution in [3.8, 4) is 0 Å². The van der Waals surface area contributed by atoms with E-state index in [1.807, 2.05) is 44.2 Å². The molecule has 1 aromatic rings. The molecule has 0 fully saturated rings. The number of ether oxygens (including phenoxy) is 3. The van der Waals surface area contributed by atoms with Gasteiger partial charge in [0.2, 0.25) is 5.91 Å². The Morgan fingerprint density at radius 1 is 0.974 bits per heavy atom. The minimum atomic E-state index is -0.775. The Hall–Kier alpha value is -2.56. The molecule has 10 nitrogen and oxygen atoms in total. The minimum absolute atomic E-state index is 0. The number of benzene rings is 1. The van der Waals surface area contributed by atoms with Gasteiger partial charge in [0.15, 0.2) is 12.2 Å². The number of unbranched alkanes of at least 4 members (excludes halogenated alkanes) is 2. The van der Waals surface area contributed by atoms with E-state index in [0.29, 0.717) is 39.0 Å². The van der Waals surface area contributed by atoms with Crippen LogP contribution in [0.3, 0.4) is 0 Å². The third-order valence-corrected chi connectivity index (χ3v) is 5.75. The molecule has 0 aliphatic heterocycles. The highest BCUT2D eigenvalue weighted by atomic mass is 35.5. The number of carbonyl (C=O) groups is 2. The van der Waals surface area contributed by atoms with Gasteiger partial charge in [-0.1, -0.05) is 70.9 Å². The normalized spacial score (nSPS) is 12.4. The number of rotatable bonds is 20. The van der Waals surface area contributed by atoms with E-state index in [1.165, 1.54) is 0 Å². The maximum absolute atomic E-state index is 13.4. The standard InChI is InChI=1S/C28H49N5O5.ClH/c1-5-7-17-36-26(37-18-8-6-2)23(15-12-16-31-27(29)30)32-25(34)24(19-21(3)4)33-28(35)38-20-22-13-10-9-11-14-22;/h9-11,13-14,21,23-24,26H,5-8,12,15-20H2,1-4H3,(H,32,34)(H,33,35)(H4,29,30,31);1H/t23-,24-;/m0./s1. The van der Waals surface area contributed by atoms with E-state index < -0.39 is 24.5 Å². The van der Waals surface area contributed by atoms with Crippen LogP contribution in [-0.2, 0) is 25.6 Å². The lowest BCUT2D eigenvalue weighted by Crippen LogP contribution is -2.54. The lowest BCUT2D eigenvalue weighted by Gasteiger charge is -2.30. The number of amides is 2. The molecule has 6 N–H and O–H groups in total. The lowest BCUT2D eigenvalue weighted by atomic mass is 10.0. The number of hydrogen-bond donors (Lipinski definition) is 5. The minimum Gasteiger partial charge on any atom is -0.445 e. The second-order valence-electron chi connectivity index (χ2n) is 9.80. The highest BCUT2D eigenvalue weighted by Gasteiger charge is 2.29. The van der Waals surface area contributed by atoms with Gasteiger partial charge in [0.25, 0.3) is 0 Å². The largest absolute Gasteiger partial charge is 0.445 e. The molecular weight excluding hydrogens is 522 g/mol. The molecular formula is C28H50ClN5O5. The third kappa shape index (κ3) is 17.6. The van der Waals surface area contributed by atoms with Crippen molar-refractivity contribution in [3.05, 3.63) is 35.9 Å². The molecule has 224 valence electrons. The summed E-state index contributed by atoms with van der Waals surface area (Å²) in [5.41, 5.74) is 6.27. The van der Waals surface area contributed by atoms with E-state index in [1.54, 1.807) is 0 Å². The summed E-state index contributed by atoms with van der Waals surface area (Å²) in [5, 5.41) is 16.0. The zero-order valence-electron chi connectivity index (χ0n) is 24.0. The molecule has 0 spiro atoms. The van der Waals surface area contributed by atoms with Crippen molar-refractivity contribution >= 4 is 30.4 Å². The molecule has 1 aromatic carbocycles. The van der Waals surface area contributed by atoms with Gasteiger partial charge >= 0.3 is 6.09 Å². The van der Waals surface area contributed by atoms with Gasteiger partial charge in [0.05, 0.1) is 6.04 Å². The maximum Gasteiger partial charge on any atom is 0.408 e. The van der Waals surface area contributed by atoms with Crippen LogP contribution in [0.1, 0.15) is 78.2 Å². The SMILES string of the molecule is CCCCOC(OCCCC)[C@H](CCCNC(=N)N)NC(=O)[C@H](CC(C)C)NC(=O)OCc1ccccc1.Cl. The Morgan fingerprint density at radius 3 is 2.13 bits per heavy atom. The lowest BCUT2D eigenvalue weighted by molar-refractivity contribution is -0.165. The summed E-state index contributed by atoms with van der Waals surface area (Å²) in [6.07, 6.45) is 4.07. The van der Waals surface area contributed by atoms with Crippen molar-refractivity contribution in [2.24, 2.45) is 11.7 Å². The molecule has 0 aromatic heterocycles. The molecule has 1 rings (SSSR count). The zero-order valence-corrected chi connectivity index (χ0v) is 24.8. The Bertz CT molecular complexity index is 790. The van der Waals surface area contributed by atoms with E-state index in [9.17, 15) is 9.59 Å². The first-order valence-electron chi connectivity index (χ1n) is 13.8. The van der Waals surface area contributed by atoms with Gasteiger partial charge in [-0.3, -0.25) is 10.2 Å². The van der Waals surface area contributed by atoms with Crippen LogP contribution in [0.2, 0.25) is 0 Å². The van der Waals surface area contributed by atoms with Crippen molar-refractivity contribution in [3.63, 3.8) is 0 Å². The predicted molar refractivity (Wildman–Crippen MR) is 157 cm³/mol. The van der Waals surface area contributed by atoms with Gasteiger partial charge in [0, 0.05) is 19.8 Å². The number of alkyl carbamates (subject to hydrolysis) is 1. The molecule has 0 aliphatic rings. The Labute approximate surface area is 240 Å². The quantitative estimate of drug-likeness (QED) is 0.0671. The summed E-state index contributed by atoms with van der Waals surface area (Å²) in [4.78, 5) is 26.0. The summed E-state index contributed by atoms with van der Waals surface area (Å²) in [6, 6.07) is 8.16. The van der Waals surface area contributed by atoms with Crippen molar-refractivity contribution < 1.29 is 23.8 Å². The summed E-state index contributed by atoms with van der Waals surface area (Å²) in [7, 11) is 0. The molecule has 39 heavy (non-hydrogen) atoms. The second kappa shape index (κ2) is 22.3. The van der Waals surface area contributed by atoms with Crippen molar-refractivity contribution in [1.82, 2.24) is 16.0 Å². The fourth-order valence-electron chi connectivity index (χ4n) is 3.68. The molecule has 2 amide bonds. The number of nitrogens with one attached hydrogen (secondary N) is 4. The summed E-state index contributed by atoms with van der Waals surface area (Å²) in [5.74, 6) is -0.255. The van der Waals surface area contributed by atoms with E-state index in [-0.39, 0.29) is 36.8 Å². The van der Waals surface area contributed by atoms with Crippen molar-refractivity contribution in [2.45, 2.75) is 97.6 Å². The van der Waals surface area contributed by atoms with Crippen molar-refractivity contribution in [2.75, 3.05) is 19.8 Å². The van der Waals surface area contributed by atoms with Gasteiger partial charge in [-0.05, 0) is 43.6 Å². The van der Waals surface area contributed by atoms with Gasteiger partial charge < -0.3 is 35.9 Å². The second-order valence-corrected chi connectivity index (χ2v) is 9.80. The van der Waals surface area contributed by atoms with Gasteiger partial charge in [-0.25, -0.2) is 4.79 Å². The molecule has 2 atom stereocenters. The molecule has 0 heterocycles. The molecule has 0 saturated heterocycles. The van der Waals surface area contributed by atoms with E-state index in [2.05, 4.69) is 29.8 Å². The average molecular weight is 572 g/mol. The molecule has 0 unspecified atom stereocenters. The first kappa shape index (κ1) is 36.4. The Morgan fingerprint density at radius 2 is 1.59 bits per heavy atom. The van der Waals surface area contributed by atoms with E-state index >= 15 is 0 Å². The number of carbonyl (C=O) groups excluding carboxylic acids is 2. The third-order valence-electron chi connectivity index (χ3n) is 5.75. The number of guanidine groups is 1. The first-order valence-corrected chi connectivity index (χ1v) is 13.8. The highest BCUT2D eigenvalue weighted by molar-refractivity contribution is 5.86. The van der Waals surface area contributed by atoms with Crippen LogP contribution in [0, 0.1) is 11.3 Å². The van der Waals surface area contributed by atoms with Crippen LogP contribution in [0.5, 0.6) is 0 Å². The summed E-state index contributed by atoms with van der Waals surface area (Å²) >= 11 is 0. The van der Waals surface area contributed by atoms with E-state index in [0.717, 1.165) is 31.2 Å². The van der Waals surface area contributed by atoms with E-state index in [4.69, 9.17) is 25.4 Å². The van der Waals surface area contributed by atoms with Crippen molar-refractivity contribution in [1.29, 1.82) is 5.41 Å². The predicted octanol–water partition coefficient (Wildman–Crippen LogP) is 4.46. The Kier molecular flexibility index (Phi) is 20.8. The fraction of sp³-hybridized carbons (Fsp3) is 0.679. The molecule has 0 saturated carbocycles. The van der Waals surface area contributed by atoms with Gasteiger partial charge in [-0.15, -0.1) is 12.4 Å². The number of hydrogen-bond acceptors (Lipinski definition) is 6. The van der Waals surface area contributed by atoms with Crippen LogP contribution in [0.4, 0.5) is 4.79 Å². The van der Waals surface area contributed by atoms with Crippen LogP contribution in [0.25, 0.3) is 0 Å². The number of nitrogens with two attached hydrogens (primary N) is 1.